The first kappa shape index (κ1) is 8.05. The van der Waals surface area contributed by atoms with Crippen molar-refractivity contribution >= 4 is 5.91 Å². The highest BCUT2D eigenvalue weighted by Gasteiger charge is 2.40. The Labute approximate surface area is 72.5 Å². The molecule has 1 N–H and O–H groups in total. The predicted molar refractivity (Wildman–Crippen MR) is 44.8 cm³/mol. The van der Waals surface area contributed by atoms with E-state index in [2.05, 4.69) is 12.2 Å². The van der Waals surface area contributed by atoms with Gasteiger partial charge in [-0.25, -0.2) is 0 Å². The highest BCUT2D eigenvalue weighted by molar-refractivity contribution is 5.82. The Hall–Kier alpha value is -0.570. The highest BCUT2D eigenvalue weighted by atomic mass is 16.5. The number of ether oxygens (including phenoxy) is 1. The molecule has 2 aliphatic rings. The van der Waals surface area contributed by atoms with Gasteiger partial charge in [0.15, 0.2) is 0 Å². The Balaban J connectivity index is 1.83. The van der Waals surface area contributed by atoms with Gasteiger partial charge in [-0.15, -0.1) is 0 Å². The molecule has 0 aromatic carbocycles. The van der Waals surface area contributed by atoms with Crippen molar-refractivity contribution in [3.8, 4) is 0 Å². The van der Waals surface area contributed by atoms with Crippen LogP contribution in [0.25, 0.3) is 0 Å². The summed E-state index contributed by atoms with van der Waals surface area (Å²) in [5, 5.41) is 3.01. The molecular formula is C9H15NO2. The first-order valence-corrected chi connectivity index (χ1v) is 4.63. The van der Waals surface area contributed by atoms with Crippen molar-refractivity contribution in [2.24, 2.45) is 0 Å². The van der Waals surface area contributed by atoms with Crippen molar-refractivity contribution in [3.63, 3.8) is 0 Å². The van der Waals surface area contributed by atoms with Crippen LogP contribution in [-0.2, 0) is 9.53 Å². The van der Waals surface area contributed by atoms with Crippen LogP contribution in [0.1, 0.15) is 32.6 Å². The zero-order valence-electron chi connectivity index (χ0n) is 7.43. The molecular weight excluding hydrogens is 154 g/mol. The third kappa shape index (κ3) is 1.61. The third-order valence-corrected chi connectivity index (χ3v) is 2.65. The maximum atomic E-state index is 11.5. The van der Waals surface area contributed by atoms with Crippen LogP contribution in [0.3, 0.4) is 0 Å². The number of amides is 1. The Kier molecular flexibility index (Phi) is 1.83. The van der Waals surface area contributed by atoms with E-state index in [1.165, 1.54) is 0 Å². The van der Waals surface area contributed by atoms with Gasteiger partial charge >= 0.3 is 0 Å². The number of nitrogens with one attached hydrogen (secondary N) is 1. The molecule has 0 bridgehead atoms. The molecule has 68 valence electrons. The van der Waals surface area contributed by atoms with Gasteiger partial charge in [0, 0.05) is 12.1 Å². The van der Waals surface area contributed by atoms with E-state index >= 15 is 0 Å². The summed E-state index contributed by atoms with van der Waals surface area (Å²) < 4.78 is 5.28. The third-order valence-electron chi connectivity index (χ3n) is 2.65. The number of carbonyl (C=O) groups excluding carboxylic acids is 1. The van der Waals surface area contributed by atoms with E-state index in [-0.39, 0.29) is 17.6 Å². The van der Waals surface area contributed by atoms with Crippen LogP contribution in [0.4, 0.5) is 0 Å². The molecule has 12 heavy (non-hydrogen) atoms. The van der Waals surface area contributed by atoms with Gasteiger partial charge in [0.05, 0.1) is 0 Å². The molecule has 1 aliphatic carbocycles. The van der Waals surface area contributed by atoms with E-state index in [0.717, 1.165) is 32.3 Å². The molecule has 0 aromatic rings. The summed E-state index contributed by atoms with van der Waals surface area (Å²) in [4.78, 5) is 11.5. The smallest absolute Gasteiger partial charge is 0.249 e. The molecule has 1 aliphatic heterocycles. The van der Waals surface area contributed by atoms with E-state index in [4.69, 9.17) is 4.74 Å². The first-order chi connectivity index (χ1) is 5.70. The van der Waals surface area contributed by atoms with E-state index in [9.17, 15) is 4.79 Å². The molecule has 0 spiro atoms. The summed E-state index contributed by atoms with van der Waals surface area (Å²) in [5.74, 6) is 0.0903. The lowest BCUT2D eigenvalue weighted by Gasteiger charge is -2.14. The van der Waals surface area contributed by atoms with Crippen molar-refractivity contribution < 1.29 is 9.53 Å². The molecule has 1 atom stereocenters. The van der Waals surface area contributed by atoms with Gasteiger partial charge in [0.1, 0.15) is 6.10 Å². The van der Waals surface area contributed by atoms with Crippen molar-refractivity contribution in [1.29, 1.82) is 0 Å². The van der Waals surface area contributed by atoms with Crippen LogP contribution in [0, 0.1) is 0 Å². The van der Waals surface area contributed by atoms with Crippen LogP contribution in [0.5, 0.6) is 0 Å². The zero-order chi connectivity index (χ0) is 8.60. The molecule has 3 nitrogen and oxygen atoms in total. The molecule has 0 aromatic heterocycles. The van der Waals surface area contributed by atoms with Crippen molar-refractivity contribution in [1.82, 2.24) is 5.32 Å². The minimum absolute atomic E-state index is 0.0903. The van der Waals surface area contributed by atoms with Crippen LogP contribution in [0.15, 0.2) is 0 Å². The Morgan fingerprint density at radius 1 is 1.58 bits per heavy atom. The normalized spacial score (nSPS) is 31.6. The SMILES string of the molecule is CC1(NC(=O)[C@H]2CCCO2)CC1. The minimum atomic E-state index is -0.164. The lowest BCUT2D eigenvalue weighted by atomic mass is 10.2. The van der Waals surface area contributed by atoms with Gasteiger partial charge in [0.25, 0.3) is 0 Å². The average Bonchev–Trinajstić information content (AvgIpc) is 2.55. The monoisotopic (exact) mass is 169 g/mol. The van der Waals surface area contributed by atoms with Gasteiger partial charge in [-0.2, -0.15) is 0 Å². The standard InChI is InChI=1S/C9H15NO2/c1-9(4-5-9)10-8(11)7-3-2-6-12-7/h7H,2-6H2,1H3,(H,10,11)/t7-/m1/s1. The van der Waals surface area contributed by atoms with Gasteiger partial charge in [-0.3, -0.25) is 4.79 Å². The lowest BCUT2D eigenvalue weighted by Crippen LogP contribution is -2.41. The summed E-state index contributed by atoms with van der Waals surface area (Å²) in [6.07, 6.45) is 3.98. The average molecular weight is 169 g/mol. The molecule has 1 saturated heterocycles. The van der Waals surface area contributed by atoms with Crippen LogP contribution >= 0.6 is 0 Å². The van der Waals surface area contributed by atoms with E-state index < -0.39 is 0 Å². The fourth-order valence-corrected chi connectivity index (χ4v) is 1.47. The molecule has 2 rings (SSSR count). The quantitative estimate of drug-likeness (QED) is 0.665. The van der Waals surface area contributed by atoms with Crippen LogP contribution < -0.4 is 5.32 Å². The number of carbonyl (C=O) groups is 1. The zero-order valence-corrected chi connectivity index (χ0v) is 7.43. The molecule has 0 radical (unpaired) electrons. The summed E-state index contributed by atoms with van der Waals surface area (Å²) >= 11 is 0. The van der Waals surface area contributed by atoms with Gasteiger partial charge in [-0.05, 0) is 32.6 Å². The van der Waals surface area contributed by atoms with Crippen molar-refractivity contribution in [2.45, 2.75) is 44.2 Å². The Morgan fingerprint density at radius 2 is 2.33 bits per heavy atom. The maximum Gasteiger partial charge on any atom is 0.249 e. The summed E-state index contributed by atoms with van der Waals surface area (Å²) in [6.45, 7) is 2.83. The van der Waals surface area contributed by atoms with Gasteiger partial charge in [0.2, 0.25) is 5.91 Å². The van der Waals surface area contributed by atoms with Crippen molar-refractivity contribution in [2.75, 3.05) is 6.61 Å². The molecule has 0 unspecified atom stereocenters. The second kappa shape index (κ2) is 2.73. The Morgan fingerprint density at radius 3 is 2.83 bits per heavy atom. The number of rotatable bonds is 2. The second-order valence-electron chi connectivity index (χ2n) is 4.05. The molecule has 1 saturated carbocycles. The summed E-state index contributed by atoms with van der Waals surface area (Å²) in [5.41, 5.74) is 0.100. The topological polar surface area (TPSA) is 38.3 Å². The predicted octanol–water partition coefficient (Wildman–Crippen LogP) is 0.834. The number of hydrogen-bond donors (Lipinski definition) is 1. The van der Waals surface area contributed by atoms with Gasteiger partial charge in [-0.1, -0.05) is 0 Å². The minimum Gasteiger partial charge on any atom is -0.368 e. The molecule has 1 heterocycles. The fraction of sp³-hybridized carbons (Fsp3) is 0.889. The van der Waals surface area contributed by atoms with Gasteiger partial charge < -0.3 is 10.1 Å². The largest absolute Gasteiger partial charge is 0.368 e. The molecule has 3 heteroatoms. The summed E-state index contributed by atoms with van der Waals surface area (Å²) in [6, 6.07) is 0. The first-order valence-electron chi connectivity index (χ1n) is 4.63. The number of hydrogen-bond acceptors (Lipinski definition) is 2. The van der Waals surface area contributed by atoms with Crippen LogP contribution in [0.2, 0.25) is 0 Å². The Bertz CT molecular complexity index is 193. The summed E-state index contributed by atoms with van der Waals surface area (Å²) in [7, 11) is 0. The molecule has 1 amide bonds. The maximum absolute atomic E-state index is 11.5. The fourth-order valence-electron chi connectivity index (χ4n) is 1.47. The van der Waals surface area contributed by atoms with E-state index in [0.29, 0.717) is 0 Å². The van der Waals surface area contributed by atoms with E-state index in [1.54, 1.807) is 0 Å². The lowest BCUT2D eigenvalue weighted by molar-refractivity contribution is -0.130. The van der Waals surface area contributed by atoms with Crippen molar-refractivity contribution in [3.05, 3.63) is 0 Å². The molecule has 2 fully saturated rings. The van der Waals surface area contributed by atoms with Crippen LogP contribution in [-0.4, -0.2) is 24.2 Å². The second-order valence-corrected chi connectivity index (χ2v) is 4.05. The highest BCUT2D eigenvalue weighted by Crippen LogP contribution is 2.34. The van der Waals surface area contributed by atoms with E-state index in [1.807, 2.05) is 0 Å².